The lowest BCUT2D eigenvalue weighted by molar-refractivity contribution is -0.138. The number of nitrogens with zero attached hydrogens (tertiary/aromatic N) is 1. The van der Waals surface area contributed by atoms with Crippen LogP contribution in [-0.4, -0.2) is 60.1 Å². The lowest BCUT2D eigenvalue weighted by Crippen LogP contribution is -2.36. The Labute approximate surface area is 151 Å². The molecule has 0 bridgehead atoms. The van der Waals surface area contributed by atoms with Crippen molar-refractivity contribution in [2.75, 3.05) is 26.4 Å². The number of alkyl halides is 1. The Hall–Kier alpha value is -2.48. The number of carbonyl (C=O) groups excluding carboxylic acids is 2. The smallest absolute Gasteiger partial charge is 0.320 e. The molecule has 0 radical (unpaired) electrons. The molecule has 0 aliphatic heterocycles. The molecule has 0 aromatic heterocycles. The highest BCUT2D eigenvalue weighted by molar-refractivity contribution is 5.94. The zero-order valence-corrected chi connectivity index (χ0v) is 14.8. The Kier molecular flexibility index (Phi) is 9.29. The minimum Gasteiger partial charge on any atom is -0.491 e. The minimum atomic E-state index is -1.09. The van der Waals surface area contributed by atoms with Gasteiger partial charge in [0.15, 0.2) is 0 Å². The standard InChI is InChI=1S/C18H25FN2O5/c1-13(22)8-11-21(10-2-3-16(20)18(24)25)17(23)14-4-6-15(7-5-14)26-12-9-19/h4-7,16H,2-3,8-12,20H2,1H3,(H,24,25)/t16-/m0/s1/i19-1. The number of halogens is 1. The van der Waals surface area contributed by atoms with Crippen molar-refractivity contribution in [1.29, 1.82) is 0 Å². The van der Waals surface area contributed by atoms with Crippen LogP contribution in [0.15, 0.2) is 24.3 Å². The van der Waals surface area contributed by atoms with Gasteiger partial charge in [-0.05, 0) is 44.0 Å². The third kappa shape index (κ3) is 7.60. The molecule has 1 amide bonds. The topological polar surface area (TPSA) is 110 Å². The van der Waals surface area contributed by atoms with Crippen molar-refractivity contribution < 1.29 is 28.6 Å². The van der Waals surface area contributed by atoms with Crippen molar-refractivity contribution in [2.45, 2.75) is 32.2 Å². The van der Waals surface area contributed by atoms with Gasteiger partial charge in [-0.2, -0.15) is 0 Å². The molecule has 8 heteroatoms. The summed E-state index contributed by atoms with van der Waals surface area (Å²) in [6.07, 6.45) is 0.860. The predicted octanol–water partition coefficient (Wildman–Crippen LogP) is 1.65. The van der Waals surface area contributed by atoms with Gasteiger partial charge in [0.25, 0.3) is 5.91 Å². The van der Waals surface area contributed by atoms with Gasteiger partial charge in [0, 0.05) is 25.1 Å². The molecule has 144 valence electrons. The van der Waals surface area contributed by atoms with E-state index in [0.29, 0.717) is 24.3 Å². The van der Waals surface area contributed by atoms with Crippen LogP contribution in [0, 0.1) is 0 Å². The third-order valence-electron chi connectivity index (χ3n) is 3.73. The first kappa shape index (κ1) is 21.6. The number of ether oxygens (including phenoxy) is 1. The van der Waals surface area contributed by atoms with E-state index in [1.165, 1.54) is 11.8 Å². The third-order valence-corrected chi connectivity index (χ3v) is 3.73. The summed E-state index contributed by atoms with van der Waals surface area (Å²) in [7, 11) is 0. The van der Waals surface area contributed by atoms with Gasteiger partial charge in [-0.1, -0.05) is 0 Å². The van der Waals surface area contributed by atoms with Crippen LogP contribution < -0.4 is 10.5 Å². The number of carboxylic acids is 1. The quantitative estimate of drug-likeness (QED) is 0.581. The summed E-state index contributed by atoms with van der Waals surface area (Å²) in [6, 6.07) is 5.31. The second-order valence-electron chi connectivity index (χ2n) is 5.89. The molecule has 0 aliphatic rings. The van der Waals surface area contributed by atoms with Crippen molar-refractivity contribution in [3.63, 3.8) is 0 Å². The number of ketones is 1. The summed E-state index contributed by atoms with van der Waals surface area (Å²) in [4.78, 5) is 36.2. The number of hydrogen-bond acceptors (Lipinski definition) is 5. The summed E-state index contributed by atoms with van der Waals surface area (Å²) < 4.78 is 17.2. The van der Waals surface area contributed by atoms with Gasteiger partial charge in [0.2, 0.25) is 0 Å². The molecule has 1 rings (SSSR count). The number of amides is 1. The Morgan fingerprint density at radius 1 is 1.23 bits per heavy atom. The minimum absolute atomic E-state index is 0.0417. The number of rotatable bonds is 12. The van der Waals surface area contributed by atoms with Gasteiger partial charge in [0.1, 0.15) is 30.9 Å². The first-order valence-corrected chi connectivity index (χ1v) is 8.41. The molecular formula is C18H25FN2O5. The zero-order chi connectivity index (χ0) is 19.5. The molecule has 0 fully saturated rings. The van der Waals surface area contributed by atoms with Gasteiger partial charge >= 0.3 is 5.97 Å². The summed E-state index contributed by atoms with van der Waals surface area (Å²) in [5, 5.41) is 8.81. The molecular weight excluding hydrogens is 342 g/mol. The Morgan fingerprint density at radius 2 is 1.88 bits per heavy atom. The maximum Gasteiger partial charge on any atom is 0.320 e. The van der Waals surface area contributed by atoms with Crippen molar-refractivity contribution in [3.8, 4) is 5.75 Å². The van der Waals surface area contributed by atoms with Crippen LogP contribution >= 0.6 is 0 Å². The molecule has 0 heterocycles. The summed E-state index contributed by atoms with van der Waals surface area (Å²) in [5.74, 6) is -0.940. The molecule has 1 atom stereocenters. The van der Waals surface area contributed by atoms with Crippen molar-refractivity contribution >= 4 is 17.7 Å². The van der Waals surface area contributed by atoms with E-state index in [9.17, 15) is 18.8 Å². The van der Waals surface area contributed by atoms with E-state index >= 15 is 0 Å². The van der Waals surface area contributed by atoms with Crippen molar-refractivity contribution in [2.24, 2.45) is 5.73 Å². The Morgan fingerprint density at radius 3 is 2.42 bits per heavy atom. The second-order valence-corrected chi connectivity index (χ2v) is 5.89. The van der Waals surface area contributed by atoms with E-state index in [2.05, 4.69) is 0 Å². The first-order valence-electron chi connectivity index (χ1n) is 8.41. The molecule has 0 saturated carbocycles. The molecule has 1 aromatic carbocycles. The van der Waals surface area contributed by atoms with Crippen molar-refractivity contribution in [1.82, 2.24) is 4.90 Å². The maximum atomic E-state index is 12.7. The molecule has 1 aromatic rings. The van der Waals surface area contributed by atoms with Crippen LogP contribution in [0.2, 0.25) is 0 Å². The number of aliphatic carboxylic acids is 1. The molecule has 0 spiro atoms. The lowest BCUT2D eigenvalue weighted by atomic mass is 10.1. The van der Waals surface area contributed by atoms with Crippen LogP contribution in [0.4, 0.5) is 4.39 Å². The molecule has 0 unspecified atom stereocenters. The maximum absolute atomic E-state index is 12.7. The Balaban J connectivity index is 2.72. The highest BCUT2D eigenvalue weighted by Gasteiger charge is 2.18. The van der Waals surface area contributed by atoms with E-state index in [0.717, 1.165) is 0 Å². The fraction of sp³-hybridized carbons (Fsp3) is 0.500. The van der Waals surface area contributed by atoms with Gasteiger partial charge in [-0.25, -0.2) is 4.39 Å². The molecule has 3 N–H and O–H groups in total. The molecule has 0 saturated heterocycles. The van der Waals surface area contributed by atoms with Gasteiger partial charge < -0.3 is 20.5 Å². The normalized spacial score (nSPS) is 11.7. The summed E-state index contributed by atoms with van der Waals surface area (Å²) in [5.41, 5.74) is 5.88. The zero-order valence-electron chi connectivity index (χ0n) is 14.8. The van der Waals surface area contributed by atoms with Crippen LogP contribution in [0.5, 0.6) is 5.75 Å². The first-order chi connectivity index (χ1) is 12.3. The summed E-state index contributed by atoms with van der Waals surface area (Å²) >= 11 is 0. The van der Waals surface area contributed by atoms with Crippen LogP contribution in [-0.2, 0) is 9.59 Å². The number of benzene rings is 1. The fourth-order valence-electron chi connectivity index (χ4n) is 2.27. The van der Waals surface area contributed by atoms with E-state index in [4.69, 9.17) is 15.6 Å². The largest absolute Gasteiger partial charge is 0.491 e. The highest BCUT2D eigenvalue weighted by atomic mass is 18.2. The van der Waals surface area contributed by atoms with E-state index < -0.39 is 18.7 Å². The average molecular weight is 367 g/mol. The molecule has 0 aliphatic carbocycles. The SMILES string of the molecule is CC(=O)CCN(CCC[C@H](N)C(=O)O)C(=O)c1ccc(OCC[18F])cc1. The van der Waals surface area contributed by atoms with Gasteiger partial charge in [-0.15, -0.1) is 0 Å². The number of carbonyl (C=O) groups is 3. The summed E-state index contributed by atoms with van der Waals surface area (Å²) in [6.45, 7) is 1.34. The number of hydrogen-bond donors (Lipinski definition) is 2. The fourth-order valence-corrected chi connectivity index (χ4v) is 2.27. The Bertz CT molecular complexity index is 606. The second kappa shape index (κ2) is 11.2. The van der Waals surface area contributed by atoms with Crippen LogP contribution in [0.1, 0.15) is 36.5 Å². The molecule has 7 nitrogen and oxygen atoms in total. The van der Waals surface area contributed by atoms with E-state index in [-0.39, 0.29) is 37.7 Å². The average Bonchev–Trinajstić information content (AvgIpc) is 2.62. The van der Waals surface area contributed by atoms with Crippen LogP contribution in [0.25, 0.3) is 0 Å². The number of nitrogens with two attached hydrogens (primary N) is 1. The van der Waals surface area contributed by atoms with E-state index in [1.807, 2.05) is 0 Å². The van der Waals surface area contributed by atoms with Crippen molar-refractivity contribution in [3.05, 3.63) is 29.8 Å². The highest BCUT2D eigenvalue weighted by Crippen LogP contribution is 2.15. The predicted molar refractivity (Wildman–Crippen MR) is 94.0 cm³/mol. The number of Topliss-reactive ketones (excluding diaryl/α,β-unsaturated/α-hetero) is 1. The van der Waals surface area contributed by atoms with Gasteiger partial charge in [0.05, 0.1) is 0 Å². The van der Waals surface area contributed by atoms with Crippen LogP contribution in [0.3, 0.4) is 0 Å². The van der Waals surface area contributed by atoms with E-state index in [1.54, 1.807) is 24.3 Å². The number of carboxylic acid groups (broad SMARTS) is 1. The van der Waals surface area contributed by atoms with Gasteiger partial charge in [-0.3, -0.25) is 14.4 Å². The lowest BCUT2D eigenvalue weighted by Gasteiger charge is -2.23. The monoisotopic (exact) mass is 367 g/mol. The molecule has 26 heavy (non-hydrogen) atoms.